The highest BCUT2D eigenvalue weighted by Gasteiger charge is 2.57. The van der Waals surface area contributed by atoms with Crippen LogP contribution in [0.2, 0.25) is 0 Å². The van der Waals surface area contributed by atoms with Gasteiger partial charge in [-0.1, -0.05) is 26.8 Å². The summed E-state index contributed by atoms with van der Waals surface area (Å²) in [7, 11) is 1.77. The third-order valence-electron chi connectivity index (χ3n) is 10.1. The minimum Gasteiger partial charge on any atom is -0.325 e. The van der Waals surface area contributed by atoms with Crippen molar-refractivity contribution in [1.82, 2.24) is 20.2 Å². The molecule has 8 heteroatoms. The number of halogens is 1. The van der Waals surface area contributed by atoms with Crippen molar-refractivity contribution in [3.8, 4) is 0 Å². The molecule has 2 N–H and O–H groups in total. The van der Waals surface area contributed by atoms with Gasteiger partial charge in [-0.25, -0.2) is 9.40 Å². The number of hydrogen-bond acceptors (Lipinski definition) is 4. The van der Waals surface area contributed by atoms with Crippen LogP contribution in [0, 0.1) is 29.0 Å². The Labute approximate surface area is 237 Å². The Balaban J connectivity index is 0.998. The van der Waals surface area contributed by atoms with Gasteiger partial charge >= 0.3 is 0 Å². The molecule has 1 saturated heterocycles. The molecule has 212 valence electrons. The SMILES string of the molecule is CN=C(Nc1ccc(C(=O)N2C=Cc3ccc(F)cc3C2)cc1)NN1CCN(C2CC3CC(C2C)C3(C)C)CC1. The van der Waals surface area contributed by atoms with E-state index in [0.29, 0.717) is 29.5 Å². The van der Waals surface area contributed by atoms with E-state index < -0.39 is 0 Å². The molecule has 2 aromatic rings. The lowest BCUT2D eigenvalue weighted by molar-refractivity contribution is -0.143. The Morgan fingerprint density at radius 1 is 1.05 bits per heavy atom. The van der Waals surface area contributed by atoms with Gasteiger partial charge in [-0.3, -0.25) is 20.1 Å². The normalized spacial score (nSPS) is 28.0. The van der Waals surface area contributed by atoms with Gasteiger partial charge in [0.05, 0.1) is 6.54 Å². The molecule has 2 heterocycles. The Hall–Kier alpha value is -3.23. The standard InChI is InChI=1S/C32H41FN6O/c1-21-28-18-25(32(28,2)3)19-29(21)37-13-15-39(16-14-37)36-31(34-4)35-27-9-6-23(7-10-27)30(40)38-12-11-22-5-8-26(33)17-24(22)20-38/h5-12,17,21,25,28-29H,13-16,18-20H2,1-4H3,(H2,34,35,36). The van der Waals surface area contributed by atoms with Crippen LogP contribution >= 0.6 is 0 Å². The Morgan fingerprint density at radius 2 is 1.80 bits per heavy atom. The molecular formula is C32H41FN6O. The zero-order valence-corrected chi connectivity index (χ0v) is 24.0. The number of carbonyl (C=O) groups excluding carboxylic acids is 1. The van der Waals surface area contributed by atoms with Gasteiger partial charge in [0.1, 0.15) is 5.82 Å². The minimum atomic E-state index is -0.292. The highest BCUT2D eigenvalue weighted by atomic mass is 19.1. The number of aliphatic imine (C=N–C) groups is 1. The summed E-state index contributed by atoms with van der Waals surface area (Å²) >= 11 is 0. The fourth-order valence-electron chi connectivity index (χ4n) is 7.47. The van der Waals surface area contributed by atoms with Crippen LogP contribution in [-0.2, 0) is 6.54 Å². The molecule has 4 fully saturated rings. The van der Waals surface area contributed by atoms with Crippen LogP contribution in [0.4, 0.5) is 10.1 Å². The number of benzene rings is 2. The second kappa shape index (κ2) is 10.6. The van der Waals surface area contributed by atoms with Gasteiger partial charge in [0.25, 0.3) is 5.91 Å². The highest BCUT2D eigenvalue weighted by Crippen LogP contribution is 2.62. The first-order chi connectivity index (χ1) is 19.2. The largest absolute Gasteiger partial charge is 0.325 e. The maximum Gasteiger partial charge on any atom is 0.258 e. The van der Waals surface area contributed by atoms with Crippen LogP contribution in [-0.4, -0.2) is 65.9 Å². The fourth-order valence-corrected chi connectivity index (χ4v) is 7.47. The summed E-state index contributed by atoms with van der Waals surface area (Å²) < 4.78 is 13.7. The second-order valence-electron chi connectivity index (χ2n) is 12.5. The maximum absolute atomic E-state index is 13.7. The molecule has 5 aliphatic rings. The summed E-state index contributed by atoms with van der Waals surface area (Å²) in [6.45, 7) is 11.8. The van der Waals surface area contributed by atoms with Crippen LogP contribution < -0.4 is 10.7 Å². The molecule has 3 saturated carbocycles. The van der Waals surface area contributed by atoms with Gasteiger partial charge < -0.3 is 10.2 Å². The van der Waals surface area contributed by atoms with Gasteiger partial charge in [0.2, 0.25) is 5.96 Å². The molecule has 2 aliphatic heterocycles. The molecule has 4 unspecified atom stereocenters. The number of nitrogens with zero attached hydrogens (tertiary/aromatic N) is 4. The van der Waals surface area contributed by atoms with Gasteiger partial charge in [0, 0.05) is 56.7 Å². The minimum absolute atomic E-state index is 0.119. The lowest BCUT2D eigenvalue weighted by Crippen LogP contribution is -2.64. The molecule has 1 amide bonds. The number of guanidine groups is 1. The van der Waals surface area contributed by atoms with E-state index in [4.69, 9.17) is 0 Å². The van der Waals surface area contributed by atoms with Gasteiger partial charge in [0.15, 0.2) is 0 Å². The predicted molar refractivity (Wildman–Crippen MR) is 158 cm³/mol. The van der Waals surface area contributed by atoms with Crippen LogP contribution in [0.15, 0.2) is 53.7 Å². The summed E-state index contributed by atoms with van der Waals surface area (Å²) in [4.78, 5) is 21.8. The smallest absolute Gasteiger partial charge is 0.258 e. The number of amides is 1. The number of anilines is 1. The second-order valence-corrected chi connectivity index (χ2v) is 12.5. The summed E-state index contributed by atoms with van der Waals surface area (Å²) in [6, 6.07) is 12.8. The van der Waals surface area contributed by atoms with Crippen molar-refractivity contribution in [2.75, 3.05) is 38.5 Å². The number of nitrogens with one attached hydrogen (secondary N) is 2. The molecule has 4 atom stereocenters. The summed E-state index contributed by atoms with van der Waals surface area (Å²) in [5.74, 6) is 2.80. The first kappa shape index (κ1) is 27.0. The predicted octanol–water partition coefficient (Wildman–Crippen LogP) is 5.04. The van der Waals surface area contributed by atoms with E-state index in [9.17, 15) is 9.18 Å². The summed E-state index contributed by atoms with van der Waals surface area (Å²) in [6.07, 6.45) is 6.38. The van der Waals surface area contributed by atoms with E-state index in [1.807, 2.05) is 30.3 Å². The van der Waals surface area contributed by atoms with Gasteiger partial charge in [-0.2, -0.15) is 0 Å². The zero-order chi connectivity index (χ0) is 28.0. The number of rotatable bonds is 4. The number of fused-ring (bicyclic) bond motifs is 3. The molecular weight excluding hydrogens is 503 g/mol. The van der Waals surface area contributed by atoms with E-state index in [1.165, 1.54) is 25.0 Å². The van der Waals surface area contributed by atoms with E-state index >= 15 is 0 Å². The highest BCUT2D eigenvalue weighted by molar-refractivity contribution is 5.97. The lowest BCUT2D eigenvalue weighted by atomic mass is 9.44. The molecule has 0 aromatic heterocycles. The van der Waals surface area contributed by atoms with Crippen LogP contribution in [0.1, 0.15) is 55.1 Å². The Morgan fingerprint density at radius 3 is 2.48 bits per heavy atom. The van der Waals surface area contributed by atoms with Crippen molar-refractivity contribution < 1.29 is 9.18 Å². The summed E-state index contributed by atoms with van der Waals surface area (Å²) in [5.41, 5.74) is 7.15. The lowest BCUT2D eigenvalue weighted by Gasteiger charge is -2.64. The van der Waals surface area contributed by atoms with Crippen molar-refractivity contribution in [2.45, 2.75) is 46.2 Å². The number of carbonyl (C=O) groups is 1. The average molecular weight is 545 g/mol. The molecule has 0 spiro atoms. The van der Waals surface area contributed by atoms with Crippen molar-refractivity contribution in [1.29, 1.82) is 0 Å². The van der Waals surface area contributed by atoms with E-state index in [0.717, 1.165) is 60.7 Å². The van der Waals surface area contributed by atoms with Crippen molar-refractivity contribution in [3.05, 3.63) is 71.2 Å². The Kier molecular flexibility index (Phi) is 7.17. The summed E-state index contributed by atoms with van der Waals surface area (Å²) in [5, 5.41) is 5.59. The number of hydrogen-bond donors (Lipinski definition) is 2. The van der Waals surface area contributed by atoms with Gasteiger partial charge in [-0.05, 0) is 89.6 Å². The number of piperazine rings is 1. The molecule has 3 aliphatic carbocycles. The van der Waals surface area contributed by atoms with Gasteiger partial charge in [-0.15, -0.1) is 0 Å². The quantitative estimate of drug-likeness (QED) is 0.417. The third kappa shape index (κ3) is 5.03. The average Bonchev–Trinajstić information content (AvgIpc) is 2.96. The molecule has 7 rings (SSSR count). The van der Waals surface area contributed by atoms with E-state index in [2.05, 4.69) is 46.4 Å². The van der Waals surface area contributed by atoms with Crippen LogP contribution in [0.25, 0.3) is 6.08 Å². The third-order valence-corrected chi connectivity index (χ3v) is 10.1. The van der Waals surface area contributed by atoms with Crippen LogP contribution in [0.3, 0.4) is 0 Å². The molecule has 0 radical (unpaired) electrons. The number of hydrazine groups is 1. The zero-order valence-electron chi connectivity index (χ0n) is 24.0. The molecule has 2 aromatic carbocycles. The fraction of sp³-hybridized carbons (Fsp3) is 0.500. The maximum atomic E-state index is 13.7. The van der Waals surface area contributed by atoms with E-state index in [-0.39, 0.29) is 11.7 Å². The Bertz CT molecular complexity index is 1310. The first-order valence-electron chi connectivity index (χ1n) is 14.6. The van der Waals surface area contributed by atoms with E-state index in [1.54, 1.807) is 24.2 Å². The topological polar surface area (TPSA) is 63.2 Å². The van der Waals surface area contributed by atoms with Crippen molar-refractivity contribution in [2.24, 2.45) is 28.2 Å². The molecule has 2 bridgehead atoms. The first-order valence-corrected chi connectivity index (χ1v) is 14.6. The van der Waals surface area contributed by atoms with Crippen LogP contribution in [0.5, 0.6) is 0 Å². The monoisotopic (exact) mass is 544 g/mol. The molecule has 40 heavy (non-hydrogen) atoms. The molecule has 7 nitrogen and oxygen atoms in total. The van der Waals surface area contributed by atoms with Crippen molar-refractivity contribution in [3.63, 3.8) is 0 Å². The van der Waals surface area contributed by atoms with Crippen molar-refractivity contribution >= 4 is 23.6 Å².